The van der Waals surface area contributed by atoms with Crippen LogP contribution >= 0.6 is 17.9 Å². The van der Waals surface area contributed by atoms with E-state index in [1.165, 1.54) is 0 Å². The predicted molar refractivity (Wildman–Crippen MR) is 86.9 cm³/mol. The molecule has 0 spiro atoms. The smallest absolute Gasteiger partial charge is 0.345 e. The van der Waals surface area contributed by atoms with Gasteiger partial charge in [0.05, 0.1) is 0 Å². The second kappa shape index (κ2) is 6.00. The minimum Gasteiger partial charge on any atom is -0.428 e. The van der Waals surface area contributed by atoms with E-state index in [1.807, 2.05) is 62.4 Å². The highest BCUT2D eigenvalue weighted by Crippen LogP contribution is 2.53. The molecule has 19 heavy (non-hydrogen) atoms. The molecule has 0 atom stereocenters. The number of hydrogen-bond acceptors (Lipinski definition) is 3. The van der Waals surface area contributed by atoms with Crippen molar-refractivity contribution in [2.45, 2.75) is 13.8 Å². The van der Waals surface area contributed by atoms with Crippen LogP contribution in [0.15, 0.2) is 48.5 Å². The molecule has 2 aromatic rings. The molecule has 0 saturated carbocycles. The third-order valence-corrected chi connectivity index (χ3v) is 4.24. The maximum atomic E-state index is 5.69. The van der Waals surface area contributed by atoms with Crippen LogP contribution < -0.4 is 9.05 Å². The molecular weight excluding hydrogens is 295 g/mol. The Kier molecular flexibility index (Phi) is 4.56. The number of rotatable bonds is 4. The molecule has 5 heteroatoms. The summed E-state index contributed by atoms with van der Waals surface area (Å²) >= 11 is 9.68. The molecule has 0 unspecified atom stereocenters. The van der Waals surface area contributed by atoms with Crippen LogP contribution in [0.2, 0.25) is 0 Å². The Labute approximate surface area is 124 Å². The fraction of sp³-hybridized carbons (Fsp3) is 0.143. The van der Waals surface area contributed by atoms with Crippen LogP contribution in [0.5, 0.6) is 11.5 Å². The molecule has 2 aromatic carbocycles. The van der Waals surface area contributed by atoms with E-state index in [0.717, 1.165) is 11.1 Å². The third-order valence-electron chi connectivity index (χ3n) is 2.42. The topological polar surface area (TPSA) is 18.5 Å². The average Bonchev–Trinajstić information content (AvgIpc) is 2.27. The average molecular weight is 310 g/mol. The largest absolute Gasteiger partial charge is 0.428 e. The lowest BCUT2D eigenvalue weighted by Gasteiger charge is -2.19. The summed E-state index contributed by atoms with van der Waals surface area (Å²) in [5.41, 5.74) is -0.433. The molecule has 0 bridgehead atoms. The van der Waals surface area contributed by atoms with E-state index in [-0.39, 0.29) is 0 Å². The van der Waals surface area contributed by atoms with E-state index in [9.17, 15) is 0 Å². The second-order valence-electron chi connectivity index (χ2n) is 4.28. The zero-order chi connectivity index (χ0) is 13.9. The van der Waals surface area contributed by atoms with Crippen molar-refractivity contribution in [2.75, 3.05) is 0 Å². The zero-order valence-corrected chi connectivity index (χ0v) is 13.3. The summed E-state index contributed by atoms with van der Waals surface area (Å²) in [7, 11) is 0. The lowest BCUT2D eigenvalue weighted by atomic mass is 10.2. The van der Waals surface area contributed by atoms with Gasteiger partial charge in [-0.3, -0.25) is 0 Å². The molecule has 2 rings (SSSR count). The Hall–Kier alpha value is -0.960. The summed E-state index contributed by atoms with van der Waals surface area (Å²) < 4.78 is 11.4. The van der Waals surface area contributed by atoms with Crippen LogP contribution in [-0.4, -0.2) is 0 Å². The Balaban J connectivity index is 2.12. The first-order valence-corrected chi connectivity index (χ1v) is 9.59. The number of aryl methyl sites for hydroxylation is 2. The van der Waals surface area contributed by atoms with Gasteiger partial charge in [-0.2, -0.15) is 0 Å². The van der Waals surface area contributed by atoms with Crippen LogP contribution in [-0.2, 0) is 11.8 Å². The minimum atomic E-state index is -2.65. The molecule has 0 aliphatic heterocycles. The van der Waals surface area contributed by atoms with Crippen molar-refractivity contribution in [2.24, 2.45) is 0 Å². The van der Waals surface area contributed by atoms with Crippen LogP contribution in [0.25, 0.3) is 0 Å². The standard InChI is InChI=1S/C14H15O2PS2/c1-11-5-3-7-13(9-11)15-17(18,19)16-14-8-4-6-12(2)10-14/h3-10H,1-2H3,(H,18,19). The molecule has 100 valence electrons. The highest BCUT2D eigenvalue weighted by molar-refractivity contribution is 8.60. The maximum Gasteiger partial charge on any atom is 0.345 e. The molecule has 0 amide bonds. The van der Waals surface area contributed by atoms with Crippen molar-refractivity contribution < 1.29 is 9.05 Å². The Morgan fingerprint density at radius 3 is 1.68 bits per heavy atom. The SMILES string of the molecule is Cc1cccc(OP(=S)(S)Oc2cccc(C)c2)c1. The molecule has 0 radical (unpaired) electrons. The van der Waals surface area contributed by atoms with E-state index in [1.54, 1.807) is 0 Å². The van der Waals surface area contributed by atoms with Crippen molar-refractivity contribution in [3.63, 3.8) is 0 Å². The summed E-state index contributed by atoms with van der Waals surface area (Å²) in [5, 5.41) is 0. The van der Waals surface area contributed by atoms with Gasteiger partial charge < -0.3 is 9.05 Å². The summed E-state index contributed by atoms with van der Waals surface area (Å²) in [4.78, 5) is 0. The van der Waals surface area contributed by atoms with Gasteiger partial charge in [0.25, 0.3) is 0 Å². The lowest BCUT2D eigenvalue weighted by Crippen LogP contribution is -1.95. The summed E-state index contributed by atoms with van der Waals surface area (Å²) in [6, 6.07) is 15.4. The van der Waals surface area contributed by atoms with E-state index >= 15 is 0 Å². The van der Waals surface area contributed by atoms with E-state index in [0.29, 0.717) is 11.5 Å². The maximum absolute atomic E-state index is 5.69. The Morgan fingerprint density at radius 2 is 1.32 bits per heavy atom. The van der Waals surface area contributed by atoms with Crippen LogP contribution in [0, 0.1) is 13.8 Å². The van der Waals surface area contributed by atoms with Crippen molar-refractivity contribution in [3.05, 3.63) is 59.7 Å². The molecule has 0 N–H and O–H groups in total. The molecule has 0 aliphatic carbocycles. The first-order valence-electron chi connectivity index (χ1n) is 5.80. The number of hydrogen-bond donors (Lipinski definition) is 1. The molecule has 0 heterocycles. The number of thiol groups is 1. The summed E-state index contributed by atoms with van der Waals surface area (Å²) in [5.74, 6) is 1.37. The lowest BCUT2D eigenvalue weighted by molar-refractivity contribution is 0.506. The first kappa shape index (κ1) is 14.4. The van der Waals surface area contributed by atoms with Crippen LogP contribution in [0.3, 0.4) is 0 Å². The van der Waals surface area contributed by atoms with Gasteiger partial charge in [-0.25, -0.2) is 0 Å². The highest BCUT2D eigenvalue weighted by atomic mass is 32.9. The van der Waals surface area contributed by atoms with Crippen LogP contribution in [0.4, 0.5) is 0 Å². The van der Waals surface area contributed by atoms with Crippen molar-refractivity contribution in [1.82, 2.24) is 0 Å². The van der Waals surface area contributed by atoms with Gasteiger partial charge in [0.15, 0.2) is 0 Å². The monoisotopic (exact) mass is 310 g/mol. The quantitative estimate of drug-likeness (QED) is 0.639. The zero-order valence-electron chi connectivity index (χ0n) is 10.7. The van der Waals surface area contributed by atoms with E-state index in [2.05, 4.69) is 12.2 Å². The predicted octanol–water partition coefficient (Wildman–Crippen LogP) is 4.92. The van der Waals surface area contributed by atoms with Gasteiger partial charge in [0.2, 0.25) is 0 Å². The van der Waals surface area contributed by atoms with Gasteiger partial charge in [-0.05, 0) is 61.0 Å². The Bertz CT molecular complexity index is 577. The third kappa shape index (κ3) is 4.57. The molecule has 0 aliphatic rings. The fourth-order valence-electron chi connectivity index (χ4n) is 1.63. The van der Waals surface area contributed by atoms with E-state index < -0.39 is 5.69 Å². The summed E-state index contributed by atoms with van der Waals surface area (Å²) in [6.07, 6.45) is 0. The van der Waals surface area contributed by atoms with Crippen molar-refractivity contribution in [3.8, 4) is 11.5 Å². The highest BCUT2D eigenvalue weighted by Gasteiger charge is 2.16. The molecule has 0 aromatic heterocycles. The van der Waals surface area contributed by atoms with Gasteiger partial charge in [0, 0.05) is 0 Å². The normalized spacial score (nSPS) is 11.1. The van der Waals surface area contributed by atoms with E-state index in [4.69, 9.17) is 20.9 Å². The van der Waals surface area contributed by atoms with Gasteiger partial charge in [-0.15, -0.1) is 0 Å². The number of benzene rings is 2. The van der Waals surface area contributed by atoms with Crippen LogP contribution in [0.1, 0.15) is 11.1 Å². The van der Waals surface area contributed by atoms with Gasteiger partial charge >= 0.3 is 5.69 Å². The molecule has 2 nitrogen and oxygen atoms in total. The minimum absolute atomic E-state index is 0.686. The molecular formula is C14H15O2PS2. The van der Waals surface area contributed by atoms with Crippen molar-refractivity contribution in [1.29, 1.82) is 0 Å². The second-order valence-corrected chi connectivity index (χ2v) is 9.42. The summed E-state index contributed by atoms with van der Waals surface area (Å²) in [6.45, 7) is 3.99. The van der Waals surface area contributed by atoms with Gasteiger partial charge in [-0.1, -0.05) is 36.5 Å². The van der Waals surface area contributed by atoms with Gasteiger partial charge in [0.1, 0.15) is 11.5 Å². The first-order chi connectivity index (χ1) is 8.94. The molecule has 0 saturated heterocycles. The fourth-order valence-corrected chi connectivity index (χ4v) is 3.51. The molecule has 0 fully saturated rings. The van der Waals surface area contributed by atoms with Crippen molar-refractivity contribution >= 4 is 29.7 Å². The Morgan fingerprint density at radius 1 is 0.895 bits per heavy atom.